The van der Waals surface area contributed by atoms with E-state index in [-0.39, 0.29) is 17.5 Å². The first kappa shape index (κ1) is 18.9. The number of carbonyl (C=O) groups is 1. The number of hydrogen-bond donors (Lipinski definition) is 1. The summed E-state index contributed by atoms with van der Waals surface area (Å²) >= 11 is 0. The molecule has 0 bridgehead atoms. The van der Waals surface area contributed by atoms with E-state index in [1.165, 1.54) is 6.07 Å². The molecule has 1 saturated carbocycles. The van der Waals surface area contributed by atoms with Crippen LogP contribution in [0.15, 0.2) is 18.2 Å². The number of benzene rings is 1. The molecule has 2 fully saturated rings. The van der Waals surface area contributed by atoms with Crippen LogP contribution >= 0.6 is 0 Å². The monoisotopic (exact) mass is 374 g/mol. The van der Waals surface area contributed by atoms with Crippen molar-refractivity contribution in [2.75, 3.05) is 20.1 Å². The lowest BCUT2D eigenvalue weighted by molar-refractivity contribution is -0.140. The van der Waals surface area contributed by atoms with Gasteiger partial charge in [-0.25, -0.2) is 9.18 Å². The van der Waals surface area contributed by atoms with Gasteiger partial charge in [0.1, 0.15) is 11.4 Å². The molecular formula is C18H22F4N2O2. The summed E-state index contributed by atoms with van der Waals surface area (Å²) in [6.07, 6.45) is -3.01. The van der Waals surface area contributed by atoms with Crippen molar-refractivity contribution in [3.05, 3.63) is 35.1 Å². The van der Waals surface area contributed by atoms with E-state index in [1.807, 2.05) is 7.05 Å². The molecule has 0 spiro atoms. The molecule has 1 N–H and O–H groups in total. The van der Waals surface area contributed by atoms with Crippen LogP contribution in [0.2, 0.25) is 0 Å². The van der Waals surface area contributed by atoms with Crippen molar-refractivity contribution in [3.63, 3.8) is 0 Å². The van der Waals surface area contributed by atoms with Gasteiger partial charge in [0.25, 0.3) is 0 Å². The van der Waals surface area contributed by atoms with Crippen molar-refractivity contribution in [3.8, 4) is 0 Å². The van der Waals surface area contributed by atoms with Gasteiger partial charge in [0.2, 0.25) is 0 Å². The number of nitrogens with one attached hydrogen (secondary N) is 1. The molecule has 1 heterocycles. The first-order chi connectivity index (χ1) is 12.1. The van der Waals surface area contributed by atoms with Gasteiger partial charge in [-0.1, -0.05) is 13.0 Å². The molecule has 1 saturated heterocycles. The zero-order valence-electron chi connectivity index (χ0n) is 14.7. The van der Waals surface area contributed by atoms with Gasteiger partial charge in [0.05, 0.1) is 5.56 Å². The molecule has 1 aromatic carbocycles. The van der Waals surface area contributed by atoms with Gasteiger partial charge >= 0.3 is 12.3 Å². The lowest BCUT2D eigenvalue weighted by atomic mass is 10.0. The summed E-state index contributed by atoms with van der Waals surface area (Å²) in [5.41, 5.74) is -2.30. The van der Waals surface area contributed by atoms with Crippen LogP contribution in [-0.4, -0.2) is 37.2 Å². The Bertz CT molecular complexity index is 694. The van der Waals surface area contributed by atoms with Crippen LogP contribution in [0, 0.1) is 11.7 Å². The lowest BCUT2D eigenvalue weighted by Gasteiger charge is -2.23. The fourth-order valence-corrected chi connectivity index (χ4v) is 3.65. The highest BCUT2D eigenvalue weighted by atomic mass is 19.4. The molecule has 2 unspecified atom stereocenters. The van der Waals surface area contributed by atoms with Gasteiger partial charge in [-0.3, -0.25) is 0 Å². The van der Waals surface area contributed by atoms with E-state index in [2.05, 4.69) is 10.2 Å². The molecule has 0 aromatic heterocycles. The summed E-state index contributed by atoms with van der Waals surface area (Å²) in [7, 11) is 1.98. The molecule has 3 atom stereocenters. The lowest BCUT2D eigenvalue weighted by Crippen LogP contribution is -2.39. The van der Waals surface area contributed by atoms with Crippen molar-refractivity contribution in [1.82, 2.24) is 10.2 Å². The highest BCUT2D eigenvalue weighted by Gasteiger charge is 2.57. The Labute approximate surface area is 149 Å². The van der Waals surface area contributed by atoms with Crippen molar-refractivity contribution in [2.24, 2.45) is 5.92 Å². The van der Waals surface area contributed by atoms with Gasteiger partial charge in [-0.15, -0.1) is 0 Å². The second kappa shape index (κ2) is 6.72. The molecular weight excluding hydrogens is 352 g/mol. The van der Waals surface area contributed by atoms with Gasteiger partial charge in [-0.05, 0) is 50.6 Å². The fourth-order valence-electron chi connectivity index (χ4n) is 3.65. The molecule has 1 aliphatic heterocycles. The standard InChI is InChI=1S/C18H22F4N2O2/c1-11-9-17(11,12-5-6-15(19)14(8-12)18(20,21)22)26-16(25)23-10-13-4-3-7-24(13)2/h5-6,8,11,13H,3-4,7,9-10H2,1-2H3,(H,23,25)/t11?,13?,17-/m1/s1. The maximum atomic E-state index is 13.5. The van der Waals surface area contributed by atoms with Crippen molar-refractivity contribution < 1.29 is 27.1 Å². The van der Waals surface area contributed by atoms with Crippen LogP contribution < -0.4 is 5.32 Å². The summed E-state index contributed by atoms with van der Waals surface area (Å²) in [4.78, 5) is 14.3. The molecule has 1 aromatic rings. The van der Waals surface area contributed by atoms with Crippen LogP contribution in [-0.2, 0) is 16.5 Å². The Hall–Kier alpha value is -1.83. The van der Waals surface area contributed by atoms with E-state index in [0.29, 0.717) is 13.0 Å². The fraction of sp³-hybridized carbons (Fsp3) is 0.611. The molecule has 4 nitrogen and oxygen atoms in total. The smallest absolute Gasteiger partial charge is 0.419 e. The van der Waals surface area contributed by atoms with Gasteiger partial charge < -0.3 is 15.0 Å². The van der Waals surface area contributed by atoms with Gasteiger partial charge in [-0.2, -0.15) is 13.2 Å². The minimum absolute atomic E-state index is 0.131. The number of alkyl halides is 3. The van der Waals surface area contributed by atoms with Crippen molar-refractivity contribution in [2.45, 2.75) is 44.0 Å². The Morgan fingerprint density at radius 2 is 2.12 bits per heavy atom. The SMILES string of the molecule is CC1C[C@]1(OC(=O)NCC1CCCN1C)c1ccc(F)c(C(F)(F)F)c1. The first-order valence-electron chi connectivity index (χ1n) is 8.68. The first-order valence-corrected chi connectivity index (χ1v) is 8.68. The van der Waals surface area contributed by atoms with Crippen LogP contribution in [0.25, 0.3) is 0 Å². The van der Waals surface area contributed by atoms with Gasteiger partial charge in [0.15, 0.2) is 0 Å². The zero-order chi connectivity index (χ0) is 19.1. The molecule has 1 amide bonds. The molecule has 0 radical (unpaired) electrons. The molecule has 8 heteroatoms. The number of likely N-dealkylation sites (tertiary alicyclic amines) is 1. The van der Waals surface area contributed by atoms with E-state index >= 15 is 0 Å². The summed E-state index contributed by atoms with van der Waals surface area (Å²) in [5.74, 6) is -1.47. The average Bonchev–Trinajstić information content (AvgIpc) is 3.00. The summed E-state index contributed by atoms with van der Waals surface area (Å²) < 4.78 is 57.9. The number of alkyl carbamates (subject to hydrolysis) is 1. The molecule has 26 heavy (non-hydrogen) atoms. The van der Waals surface area contributed by atoms with Crippen molar-refractivity contribution in [1.29, 1.82) is 0 Å². The number of hydrogen-bond acceptors (Lipinski definition) is 3. The normalized spacial score (nSPS) is 28.8. The summed E-state index contributed by atoms with van der Waals surface area (Å²) in [5, 5.41) is 2.70. The third kappa shape index (κ3) is 3.65. The topological polar surface area (TPSA) is 41.6 Å². The predicted octanol–water partition coefficient (Wildman–Crippen LogP) is 3.90. The van der Waals surface area contributed by atoms with Crippen molar-refractivity contribution >= 4 is 6.09 Å². The summed E-state index contributed by atoms with van der Waals surface area (Å²) in [6, 6.07) is 3.01. The van der Waals surface area contributed by atoms with Crippen LogP contribution in [0.4, 0.5) is 22.4 Å². The van der Waals surface area contributed by atoms with E-state index < -0.39 is 29.3 Å². The van der Waals surface area contributed by atoms with E-state index in [0.717, 1.165) is 31.5 Å². The highest BCUT2D eigenvalue weighted by Crippen LogP contribution is 2.55. The number of ether oxygens (including phenoxy) is 1. The third-order valence-electron chi connectivity index (χ3n) is 5.43. The molecule has 3 rings (SSSR count). The van der Waals surface area contributed by atoms with Crippen LogP contribution in [0.1, 0.15) is 37.3 Å². The number of carbonyl (C=O) groups excluding carboxylic acids is 1. The summed E-state index contributed by atoms with van der Waals surface area (Å²) in [6.45, 7) is 3.18. The maximum absolute atomic E-state index is 13.5. The quantitative estimate of drug-likeness (QED) is 0.813. The number of nitrogens with zero attached hydrogens (tertiary/aromatic N) is 1. The Kier molecular flexibility index (Phi) is 4.90. The van der Waals surface area contributed by atoms with E-state index in [1.54, 1.807) is 6.92 Å². The molecule has 144 valence electrons. The van der Waals surface area contributed by atoms with Crippen LogP contribution in [0.5, 0.6) is 0 Å². The van der Waals surface area contributed by atoms with E-state index in [9.17, 15) is 22.4 Å². The maximum Gasteiger partial charge on any atom is 0.419 e. The number of likely N-dealkylation sites (N-methyl/N-ethyl adjacent to an activating group) is 1. The number of rotatable bonds is 4. The minimum Gasteiger partial charge on any atom is -0.438 e. The predicted molar refractivity (Wildman–Crippen MR) is 87.0 cm³/mol. The molecule has 1 aliphatic carbocycles. The second-order valence-electron chi connectivity index (χ2n) is 7.23. The second-order valence-corrected chi connectivity index (χ2v) is 7.23. The molecule has 2 aliphatic rings. The van der Waals surface area contributed by atoms with E-state index in [4.69, 9.17) is 4.74 Å². The number of halogens is 4. The third-order valence-corrected chi connectivity index (χ3v) is 5.43. The largest absolute Gasteiger partial charge is 0.438 e. The Morgan fingerprint density at radius 3 is 2.65 bits per heavy atom. The highest BCUT2D eigenvalue weighted by molar-refractivity contribution is 5.68. The average molecular weight is 374 g/mol. The van der Waals surface area contributed by atoms with Gasteiger partial charge in [0, 0.05) is 18.5 Å². The van der Waals surface area contributed by atoms with Crippen LogP contribution in [0.3, 0.4) is 0 Å². The zero-order valence-corrected chi connectivity index (χ0v) is 14.7. The number of amides is 1. The minimum atomic E-state index is -4.80. The Morgan fingerprint density at radius 1 is 1.42 bits per heavy atom. The Balaban J connectivity index is 1.70.